The third kappa shape index (κ3) is 4.95. The molecule has 0 saturated carbocycles. The number of nitrogens with zero attached hydrogens (tertiary/aromatic N) is 1. The summed E-state index contributed by atoms with van der Waals surface area (Å²) in [5, 5.41) is 2.34. The number of carbonyl (C=O) groups is 1. The van der Waals surface area contributed by atoms with Crippen LogP contribution < -0.4 is 10.4 Å². The van der Waals surface area contributed by atoms with Gasteiger partial charge in [0.25, 0.3) is 0 Å². The maximum Gasteiger partial charge on any atom is 0.305 e. The van der Waals surface area contributed by atoms with Gasteiger partial charge in [0.15, 0.2) is 15.6 Å². The van der Waals surface area contributed by atoms with E-state index in [0.717, 1.165) is 17.5 Å². The number of hydrogen-bond acceptors (Lipinski definition) is 5. The molecule has 0 atom stereocenters. The Morgan fingerprint density at radius 1 is 0.903 bits per heavy atom. The lowest BCUT2D eigenvalue weighted by atomic mass is 10.1. The Kier molecular flexibility index (Phi) is 5.77. The largest absolute Gasteiger partial charge is 0.451 e. The van der Waals surface area contributed by atoms with Crippen molar-refractivity contribution in [1.82, 2.24) is 5.43 Å². The van der Waals surface area contributed by atoms with Gasteiger partial charge in [-0.2, -0.15) is 0 Å². The minimum atomic E-state index is -3.38. The van der Waals surface area contributed by atoms with E-state index in [0.29, 0.717) is 23.1 Å². The van der Waals surface area contributed by atoms with Crippen molar-refractivity contribution in [1.29, 1.82) is 0 Å². The maximum absolute atomic E-state index is 13.3. The van der Waals surface area contributed by atoms with Crippen LogP contribution >= 0.6 is 0 Å². The molecule has 0 fully saturated rings. The zero-order valence-electron chi connectivity index (χ0n) is 17.0. The summed E-state index contributed by atoms with van der Waals surface area (Å²) < 4.78 is 29.8. The van der Waals surface area contributed by atoms with Crippen LogP contribution in [-0.2, 0) is 22.1 Å². The fraction of sp³-hybridized carbons (Fsp3) is 0.125. The molecule has 158 valence electrons. The number of anilines is 1. The molecule has 0 aliphatic rings. The third-order valence-electron chi connectivity index (χ3n) is 4.80. The summed E-state index contributed by atoms with van der Waals surface area (Å²) in [6.45, 7) is 0.429. The molecule has 0 saturated heterocycles. The Hall–Kier alpha value is -3.58. The van der Waals surface area contributed by atoms with Gasteiger partial charge in [0.2, 0.25) is 0 Å². The van der Waals surface area contributed by atoms with Gasteiger partial charge in [-0.1, -0.05) is 66.7 Å². The number of fused-ring (bicyclic) bond motifs is 1. The third-order valence-corrected chi connectivity index (χ3v) is 5.61. The lowest BCUT2D eigenvalue weighted by molar-refractivity contribution is 0.0921. The quantitative estimate of drug-likeness (QED) is 0.438. The lowest BCUT2D eigenvalue weighted by Gasteiger charge is -2.25. The maximum atomic E-state index is 13.3. The van der Waals surface area contributed by atoms with Gasteiger partial charge in [0, 0.05) is 17.2 Å². The standard InChI is InChI=1S/C24H22N2O4S/c1-31(28,29)17-21-20-14-8-9-15-22(20)30-23(21)24(27)25-26(19-12-6-3-7-13-19)16-18-10-4-2-5-11-18/h2-15H,16-17H2,1H3,(H,25,27). The molecule has 3 aromatic carbocycles. The van der Waals surface area contributed by atoms with Crippen LogP contribution in [0.15, 0.2) is 89.3 Å². The van der Waals surface area contributed by atoms with Crippen LogP contribution in [0.3, 0.4) is 0 Å². The number of hydrazine groups is 1. The normalized spacial score (nSPS) is 11.4. The molecule has 0 bridgehead atoms. The molecular weight excluding hydrogens is 412 g/mol. The van der Waals surface area contributed by atoms with E-state index in [4.69, 9.17) is 4.42 Å². The Balaban J connectivity index is 1.70. The van der Waals surface area contributed by atoms with Gasteiger partial charge in [-0.15, -0.1) is 0 Å². The SMILES string of the molecule is CS(=O)(=O)Cc1c(C(=O)NN(Cc2ccccc2)c2ccccc2)oc2ccccc12. The second kappa shape index (κ2) is 8.65. The number of furan rings is 1. The molecule has 1 amide bonds. The van der Waals surface area contributed by atoms with Crippen molar-refractivity contribution in [3.63, 3.8) is 0 Å². The first-order valence-corrected chi connectivity index (χ1v) is 11.8. The van der Waals surface area contributed by atoms with Crippen molar-refractivity contribution < 1.29 is 17.6 Å². The molecule has 4 rings (SSSR count). The van der Waals surface area contributed by atoms with E-state index in [1.165, 1.54) is 0 Å². The number of benzene rings is 3. The molecule has 0 spiro atoms. The molecule has 31 heavy (non-hydrogen) atoms. The van der Waals surface area contributed by atoms with E-state index < -0.39 is 15.7 Å². The van der Waals surface area contributed by atoms with Crippen molar-refractivity contribution in [3.8, 4) is 0 Å². The van der Waals surface area contributed by atoms with Crippen LogP contribution in [0.4, 0.5) is 5.69 Å². The van der Waals surface area contributed by atoms with Crippen molar-refractivity contribution in [2.75, 3.05) is 11.3 Å². The molecule has 0 aliphatic carbocycles. The summed E-state index contributed by atoms with van der Waals surface area (Å²) in [4.78, 5) is 13.3. The summed E-state index contributed by atoms with van der Waals surface area (Å²) in [6.07, 6.45) is 1.14. The minimum Gasteiger partial charge on any atom is -0.451 e. The Bertz CT molecular complexity index is 1300. The summed E-state index contributed by atoms with van der Waals surface area (Å²) in [5.74, 6) is -0.785. The number of para-hydroxylation sites is 2. The van der Waals surface area contributed by atoms with Crippen LogP contribution in [0.25, 0.3) is 11.0 Å². The van der Waals surface area contributed by atoms with E-state index in [9.17, 15) is 13.2 Å². The Morgan fingerprint density at radius 3 is 2.19 bits per heavy atom. The zero-order valence-corrected chi connectivity index (χ0v) is 17.8. The average molecular weight is 435 g/mol. The molecule has 4 aromatic rings. The van der Waals surface area contributed by atoms with Gasteiger partial charge in [-0.05, 0) is 23.8 Å². The molecule has 0 unspecified atom stereocenters. The number of sulfone groups is 1. The first-order valence-electron chi connectivity index (χ1n) is 9.76. The Labute approximate surface area is 181 Å². The fourth-order valence-corrected chi connectivity index (χ4v) is 4.24. The number of amides is 1. The van der Waals surface area contributed by atoms with Crippen molar-refractivity contribution >= 4 is 32.4 Å². The van der Waals surface area contributed by atoms with Gasteiger partial charge in [0.1, 0.15) is 5.58 Å². The molecule has 1 N–H and O–H groups in total. The highest BCUT2D eigenvalue weighted by Gasteiger charge is 2.25. The fourth-order valence-electron chi connectivity index (χ4n) is 3.43. The van der Waals surface area contributed by atoms with Crippen LogP contribution in [0.5, 0.6) is 0 Å². The van der Waals surface area contributed by atoms with Gasteiger partial charge in [-0.3, -0.25) is 15.2 Å². The molecule has 7 heteroatoms. The second-order valence-corrected chi connectivity index (χ2v) is 9.46. The van der Waals surface area contributed by atoms with Crippen molar-refractivity contribution in [3.05, 3.63) is 102 Å². The molecule has 1 aromatic heterocycles. The summed E-state index contributed by atoms with van der Waals surface area (Å²) in [7, 11) is -3.38. The first-order chi connectivity index (χ1) is 14.9. The number of rotatable bonds is 7. The van der Waals surface area contributed by atoms with Gasteiger partial charge >= 0.3 is 5.91 Å². The van der Waals surface area contributed by atoms with Gasteiger partial charge < -0.3 is 4.42 Å². The summed E-state index contributed by atoms with van der Waals surface area (Å²) >= 11 is 0. The number of carbonyl (C=O) groups excluding carboxylic acids is 1. The monoisotopic (exact) mass is 434 g/mol. The summed E-state index contributed by atoms with van der Waals surface area (Å²) in [5.41, 5.74) is 5.53. The van der Waals surface area contributed by atoms with Gasteiger partial charge in [-0.25, -0.2) is 8.42 Å². The van der Waals surface area contributed by atoms with Crippen molar-refractivity contribution in [2.24, 2.45) is 0 Å². The average Bonchev–Trinajstić information content (AvgIpc) is 3.12. The predicted molar refractivity (Wildman–Crippen MR) is 121 cm³/mol. The lowest BCUT2D eigenvalue weighted by Crippen LogP contribution is -2.42. The summed E-state index contributed by atoms with van der Waals surface area (Å²) in [6, 6.07) is 26.2. The van der Waals surface area contributed by atoms with E-state index >= 15 is 0 Å². The molecule has 6 nitrogen and oxygen atoms in total. The number of hydrogen-bond donors (Lipinski definition) is 1. The first kappa shape index (κ1) is 20.7. The minimum absolute atomic E-state index is 0.000572. The van der Waals surface area contributed by atoms with Gasteiger partial charge in [0.05, 0.1) is 18.0 Å². The van der Waals surface area contributed by atoms with E-state index in [1.54, 1.807) is 29.3 Å². The van der Waals surface area contributed by atoms with E-state index in [1.807, 2.05) is 60.7 Å². The molecule has 0 aliphatic heterocycles. The highest BCUT2D eigenvalue weighted by Crippen LogP contribution is 2.28. The van der Waals surface area contributed by atoms with Crippen LogP contribution in [-0.4, -0.2) is 20.6 Å². The predicted octanol–water partition coefficient (Wildman–Crippen LogP) is 4.33. The molecule has 0 radical (unpaired) electrons. The highest BCUT2D eigenvalue weighted by atomic mass is 32.2. The second-order valence-electron chi connectivity index (χ2n) is 7.32. The van der Waals surface area contributed by atoms with Crippen molar-refractivity contribution in [2.45, 2.75) is 12.3 Å². The smallest absolute Gasteiger partial charge is 0.305 e. The van der Waals surface area contributed by atoms with E-state index in [2.05, 4.69) is 5.43 Å². The Morgan fingerprint density at radius 2 is 1.52 bits per heavy atom. The highest BCUT2D eigenvalue weighted by molar-refractivity contribution is 7.89. The topological polar surface area (TPSA) is 79.6 Å². The van der Waals surface area contributed by atoms with E-state index in [-0.39, 0.29) is 11.5 Å². The zero-order chi connectivity index (χ0) is 21.8. The van der Waals surface area contributed by atoms with Crippen LogP contribution in [0.2, 0.25) is 0 Å². The molecule has 1 heterocycles. The number of nitrogens with one attached hydrogen (secondary N) is 1. The molecular formula is C24H22N2O4S. The van der Waals surface area contributed by atoms with Crippen LogP contribution in [0, 0.1) is 0 Å². The van der Waals surface area contributed by atoms with Crippen LogP contribution in [0.1, 0.15) is 21.7 Å².